The molecule has 0 aromatic carbocycles. The van der Waals surface area contributed by atoms with Crippen LogP contribution in [0.25, 0.3) is 0 Å². The predicted molar refractivity (Wildman–Crippen MR) is 42.6 cm³/mol. The van der Waals surface area contributed by atoms with Crippen LogP contribution in [-0.4, -0.2) is 28.0 Å². The molecule has 11 heavy (non-hydrogen) atoms. The Bertz CT molecular complexity index is 118. The quantitative estimate of drug-likeness (QED) is 0.468. The Hall–Kier alpha value is 0.0300. The molecule has 1 N–H and O–H groups in total. The normalized spacial score (nSPS) is 13.8. The third-order valence-corrected chi connectivity index (χ3v) is 1.43. The van der Waals surface area contributed by atoms with E-state index in [0.29, 0.717) is 19.6 Å². The van der Waals surface area contributed by atoms with Gasteiger partial charge in [-0.1, -0.05) is 0 Å². The third kappa shape index (κ3) is 10.0. The average molecular weight is 180 g/mol. The van der Waals surface area contributed by atoms with Crippen molar-refractivity contribution in [2.45, 2.75) is 26.4 Å². The molecule has 0 aliphatic carbocycles. The fraction of sp³-hybridized carbons (Fsp3) is 1.00. The van der Waals surface area contributed by atoms with Crippen molar-refractivity contribution < 1.29 is 13.5 Å². The molecule has 5 heteroatoms. The summed E-state index contributed by atoms with van der Waals surface area (Å²) in [6.07, 6.45) is 0.930. The molecular formula is C6H14NO3S-. The molecule has 0 aliphatic rings. The Morgan fingerprint density at radius 3 is 2.73 bits per heavy atom. The van der Waals surface area contributed by atoms with Crippen LogP contribution < -0.4 is 4.72 Å². The van der Waals surface area contributed by atoms with Gasteiger partial charge in [0.1, 0.15) is 0 Å². The molecule has 68 valence electrons. The average Bonchev–Trinajstić information content (AvgIpc) is 1.85. The van der Waals surface area contributed by atoms with E-state index in [4.69, 9.17) is 4.74 Å². The van der Waals surface area contributed by atoms with Crippen molar-refractivity contribution >= 4 is 11.3 Å². The van der Waals surface area contributed by atoms with E-state index in [-0.39, 0.29) is 6.10 Å². The lowest BCUT2D eigenvalue weighted by Crippen LogP contribution is -2.19. The maximum Gasteiger partial charge on any atom is 0.0518 e. The van der Waals surface area contributed by atoms with E-state index >= 15 is 0 Å². The molecule has 1 unspecified atom stereocenters. The summed E-state index contributed by atoms with van der Waals surface area (Å²) in [6.45, 7) is 4.93. The molecule has 0 amide bonds. The molecular weight excluding hydrogens is 166 g/mol. The van der Waals surface area contributed by atoms with Gasteiger partial charge >= 0.3 is 0 Å². The van der Waals surface area contributed by atoms with Crippen molar-refractivity contribution in [1.29, 1.82) is 0 Å². The highest BCUT2D eigenvalue weighted by atomic mass is 32.2. The summed E-state index contributed by atoms with van der Waals surface area (Å²) in [5.41, 5.74) is 0. The lowest BCUT2D eigenvalue weighted by atomic mass is 10.4. The summed E-state index contributed by atoms with van der Waals surface area (Å²) in [4.78, 5) is 0. The molecule has 0 saturated carbocycles. The fourth-order valence-corrected chi connectivity index (χ4v) is 0.858. The molecule has 0 bridgehead atoms. The van der Waals surface area contributed by atoms with E-state index in [1.165, 1.54) is 0 Å². The minimum atomic E-state index is -2.14. The second-order valence-corrected chi connectivity index (χ2v) is 3.16. The van der Waals surface area contributed by atoms with E-state index in [9.17, 15) is 8.76 Å². The zero-order valence-corrected chi connectivity index (χ0v) is 7.65. The monoisotopic (exact) mass is 180 g/mol. The Morgan fingerprint density at radius 2 is 2.27 bits per heavy atom. The van der Waals surface area contributed by atoms with Gasteiger partial charge in [0, 0.05) is 24.4 Å². The van der Waals surface area contributed by atoms with E-state index in [1.807, 2.05) is 13.8 Å². The summed E-state index contributed by atoms with van der Waals surface area (Å²) >= 11 is -2.14. The minimum absolute atomic E-state index is 0.216. The number of ether oxygens (including phenoxy) is 1. The van der Waals surface area contributed by atoms with Crippen LogP contribution in [0, 0.1) is 0 Å². The number of rotatable bonds is 6. The highest BCUT2D eigenvalue weighted by Gasteiger charge is 1.91. The van der Waals surface area contributed by atoms with Gasteiger partial charge in [-0.2, -0.15) is 0 Å². The standard InChI is InChI=1S/C6H15NO3S/c1-6(2)10-5-3-4-7-11(8)9/h6-7H,3-5H2,1-2H3,(H,8,9)/p-1. The van der Waals surface area contributed by atoms with Crippen molar-refractivity contribution in [3.8, 4) is 0 Å². The molecule has 1 atom stereocenters. The van der Waals surface area contributed by atoms with Gasteiger partial charge in [-0.3, -0.25) is 4.21 Å². The first-order valence-corrected chi connectivity index (χ1v) is 4.65. The molecule has 0 aromatic heterocycles. The maximum absolute atomic E-state index is 9.94. The third-order valence-electron chi connectivity index (χ3n) is 0.992. The Morgan fingerprint density at radius 1 is 1.64 bits per heavy atom. The zero-order valence-electron chi connectivity index (χ0n) is 6.83. The van der Waals surface area contributed by atoms with Crippen molar-refractivity contribution in [3.05, 3.63) is 0 Å². The lowest BCUT2D eigenvalue weighted by Gasteiger charge is -2.08. The highest BCUT2D eigenvalue weighted by molar-refractivity contribution is 7.77. The first-order chi connectivity index (χ1) is 5.13. The van der Waals surface area contributed by atoms with Gasteiger partial charge in [0.15, 0.2) is 0 Å². The van der Waals surface area contributed by atoms with Crippen LogP contribution in [0.5, 0.6) is 0 Å². The van der Waals surface area contributed by atoms with Crippen LogP contribution in [0.2, 0.25) is 0 Å². The number of hydrogen-bond donors (Lipinski definition) is 1. The summed E-state index contributed by atoms with van der Waals surface area (Å²) in [5, 5.41) is 0. The van der Waals surface area contributed by atoms with Crippen LogP contribution in [0.15, 0.2) is 0 Å². The first kappa shape index (κ1) is 11.0. The molecule has 0 heterocycles. The minimum Gasteiger partial charge on any atom is -0.760 e. The van der Waals surface area contributed by atoms with Gasteiger partial charge in [-0.05, 0) is 20.3 Å². The lowest BCUT2D eigenvalue weighted by molar-refractivity contribution is 0.0778. The van der Waals surface area contributed by atoms with E-state index in [0.717, 1.165) is 0 Å². The van der Waals surface area contributed by atoms with Crippen LogP contribution >= 0.6 is 0 Å². The van der Waals surface area contributed by atoms with Crippen LogP contribution in [0.1, 0.15) is 20.3 Å². The van der Waals surface area contributed by atoms with E-state index in [1.54, 1.807) is 0 Å². The SMILES string of the molecule is CC(C)OCCCNS(=O)[O-]. The van der Waals surface area contributed by atoms with Crippen LogP contribution in [-0.2, 0) is 16.0 Å². The smallest absolute Gasteiger partial charge is 0.0518 e. The molecule has 0 spiro atoms. The Balaban J connectivity index is 2.97. The summed E-state index contributed by atoms with van der Waals surface area (Å²) in [5.74, 6) is 0. The van der Waals surface area contributed by atoms with Crippen molar-refractivity contribution in [2.75, 3.05) is 13.2 Å². The molecule has 0 fully saturated rings. The second kappa shape index (κ2) is 6.72. The number of hydrogen-bond acceptors (Lipinski definition) is 3. The van der Waals surface area contributed by atoms with Gasteiger partial charge in [0.25, 0.3) is 0 Å². The molecule has 0 aromatic rings. The van der Waals surface area contributed by atoms with Gasteiger partial charge in [0.2, 0.25) is 0 Å². The molecule has 0 aliphatic heterocycles. The van der Waals surface area contributed by atoms with Crippen molar-refractivity contribution in [3.63, 3.8) is 0 Å². The fourth-order valence-electron chi connectivity index (χ4n) is 0.547. The predicted octanol–water partition coefficient (Wildman–Crippen LogP) is 0.185. The van der Waals surface area contributed by atoms with Crippen LogP contribution in [0.4, 0.5) is 0 Å². The van der Waals surface area contributed by atoms with Crippen molar-refractivity contribution in [2.24, 2.45) is 0 Å². The topological polar surface area (TPSA) is 61.4 Å². The first-order valence-electron chi connectivity index (χ1n) is 3.57. The zero-order chi connectivity index (χ0) is 8.69. The van der Waals surface area contributed by atoms with Gasteiger partial charge in [0.05, 0.1) is 6.10 Å². The Kier molecular flexibility index (Phi) is 6.74. The van der Waals surface area contributed by atoms with Gasteiger partial charge < -0.3 is 9.29 Å². The molecule has 0 rings (SSSR count). The largest absolute Gasteiger partial charge is 0.760 e. The van der Waals surface area contributed by atoms with E-state index < -0.39 is 11.3 Å². The summed E-state index contributed by atoms with van der Waals surface area (Å²) < 4.78 is 27.3. The highest BCUT2D eigenvalue weighted by Crippen LogP contribution is 1.88. The molecule has 4 nitrogen and oxygen atoms in total. The maximum atomic E-state index is 9.94. The van der Waals surface area contributed by atoms with Crippen molar-refractivity contribution in [1.82, 2.24) is 4.72 Å². The Labute approximate surface area is 69.7 Å². The molecule has 0 saturated heterocycles. The summed E-state index contributed by atoms with van der Waals surface area (Å²) in [6, 6.07) is 0. The van der Waals surface area contributed by atoms with Gasteiger partial charge in [-0.15, -0.1) is 0 Å². The number of nitrogens with one attached hydrogen (secondary N) is 1. The van der Waals surface area contributed by atoms with Gasteiger partial charge in [-0.25, -0.2) is 4.72 Å². The molecule has 0 radical (unpaired) electrons. The summed E-state index contributed by atoms with van der Waals surface area (Å²) in [7, 11) is 0. The second-order valence-electron chi connectivity index (χ2n) is 2.40. The van der Waals surface area contributed by atoms with Crippen LogP contribution in [0.3, 0.4) is 0 Å². The van der Waals surface area contributed by atoms with E-state index in [2.05, 4.69) is 4.72 Å².